The van der Waals surface area contributed by atoms with Gasteiger partial charge in [0.15, 0.2) is 4.90 Å². The molecule has 0 saturated heterocycles. The average Bonchev–Trinajstić information content (AvgIpc) is 2.91. The first-order chi connectivity index (χ1) is 9.90. The molecule has 0 aliphatic heterocycles. The summed E-state index contributed by atoms with van der Waals surface area (Å²) >= 11 is 4.53. The minimum atomic E-state index is -3.96. The molecule has 1 aromatic heterocycles. The Morgan fingerprint density at radius 1 is 1.43 bits per heavy atom. The quantitative estimate of drug-likeness (QED) is 0.601. The Labute approximate surface area is 133 Å². The van der Waals surface area contributed by atoms with Crippen LogP contribution < -0.4 is 4.72 Å². The van der Waals surface area contributed by atoms with E-state index in [-0.39, 0.29) is 11.4 Å². The number of sulfonamides is 1. The number of nitrogens with zero attached hydrogens (tertiary/aromatic N) is 2. The molecule has 0 amide bonds. The number of rotatable bonds is 6. The van der Waals surface area contributed by atoms with Gasteiger partial charge < -0.3 is 0 Å². The van der Waals surface area contributed by atoms with Crippen LogP contribution in [0.1, 0.15) is 5.01 Å². The van der Waals surface area contributed by atoms with Crippen LogP contribution in [-0.4, -0.2) is 24.9 Å². The summed E-state index contributed by atoms with van der Waals surface area (Å²) in [7, 11) is -3.96. The highest BCUT2D eigenvalue weighted by molar-refractivity contribution is 9.10. The van der Waals surface area contributed by atoms with Gasteiger partial charge in [0.2, 0.25) is 10.0 Å². The monoisotopic (exact) mass is 391 g/mol. The van der Waals surface area contributed by atoms with Gasteiger partial charge in [0.25, 0.3) is 5.69 Å². The smallest absolute Gasteiger partial charge is 0.258 e. The van der Waals surface area contributed by atoms with E-state index in [1.165, 1.54) is 23.5 Å². The summed E-state index contributed by atoms with van der Waals surface area (Å²) < 4.78 is 27.2. The maximum absolute atomic E-state index is 12.2. The van der Waals surface area contributed by atoms with Gasteiger partial charge >= 0.3 is 0 Å². The lowest BCUT2D eigenvalue weighted by atomic mass is 10.3. The van der Waals surface area contributed by atoms with Gasteiger partial charge in [0.05, 0.1) is 9.93 Å². The number of thiazole rings is 1. The first-order valence-electron chi connectivity index (χ1n) is 5.72. The molecule has 1 heterocycles. The number of nitrogens with one attached hydrogen (secondary N) is 1. The molecule has 7 nitrogen and oxygen atoms in total. The zero-order valence-electron chi connectivity index (χ0n) is 10.5. The molecule has 0 bridgehead atoms. The summed E-state index contributed by atoms with van der Waals surface area (Å²) in [6.07, 6.45) is 2.06. The van der Waals surface area contributed by atoms with Gasteiger partial charge in [-0.2, -0.15) is 0 Å². The molecule has 0 radical (unpaired) electrons. The molecule has 21 heavy (non-hydrogen) atoms. The van der Waals surface area contributed by atoms with Crippen LogP contribution in [0, 0.1) is 10.1 Å². The van der Waals surface area contributed by atoms with Crippen molar-refractivity contribution in [1.82, 2.24) is 9.71 Å². The van der Waals surface area contributed by atoms with Gasteiger partial charge in [0.1, 0.15) is 0 Å². The normalized spacial score (nSPS) is 11.5. The second-order valence-corrected chi connectivity index (χ2v) is 7.57. The molecule has 0 fully saturated rings. The molecule has 0 aliphatic carbocycles. The maximum Gasteiger partial charge on any atom is 0.289 e. The number of aromatic nitrogens is 1. The van der Waals surface area contributed by atoms with Crippen molar-refractivity contribution >= 4 is 43.0 Å². The van der Waals surface area contributed by atoms with Gasteiger partial charge in [-0.1, -0.05) is 15.9 Å². The van der Waals surface area contributed by atoms with Crippen LogP contribution in [0.5, 0.6) is 0 Å². The first kappa shape index (κ1) is 16.0. The Hall–Kier alpha value is -1.36. The van der Waals surface area contributed by atoms with Crippen LogP contribution in [0.3, 0.4) is 0 Å². The van der Waals surface area contributed by atoms with Gasteiger partial charge in [-0.15, -0.1) is 11.3 Å². The van der Waals surface area contributed by atoms with Crippen molar-refractivity contribution in [3.05, 3.63) is 49.4 Å². The fourth-order valence-electron chi connectivity index (χ4n) is 1.60. The number of benzene rings is 1. The van der Waals surface area contributed by atoms with Crippen molar-refractivity contribution < 1.29 is 13.3 Å². The van der Waals surface area contributed by atoms with Crippen LogP contribution in [0.15, 0.2) is 39.1 Å². The summed E-state index contributed by atoms with van der Waals surface area (Å²) in [5, 5.41) is 13.5. The van der Waals surface area contributed by atoms with E-state index < -0.39 is 20.6 Å². The predicted octanol–water partition coefficient (Wildman–Crippen LogP) is 2.33. The molecule has 0 spiro atoms. The fraction of sp³-hybridized carbons (Fsp3) is 0.182. The van der Waals surface area contributed by atoms with Gasteiger partial charge in [0, 0.05) is 35.1 Å². The number of halogens is 1. The molecule has 0 unspecified atom stereocenters. The van der Waals surface area contributed by atoms with E-state index in [0.29, 0.717) is 10.9 Å². The second-order valence-electron chi connectivity index (χ2n) is 3.94. The second kappa shape index (κ2) is 6.60. The molecule has 1 aromatic carbocycles. The van der Waals surface area contributed by atoms with Gasteiger partial charge in [-0.3, -0.25) is 10.1 Å². The number of hydrogen-bond donors (Lipinski definition) is 1. The number of hydrogen-bond acceptors (Lipinski definition) is 6. The fourth-order valence-corrected chi connectivity index (χ4v) is 3.96. The van der Waals surface area contributed by atoms with E-state index in [0.717, 1.165) is 11.1 Å². The Kier molecular flexibility index (Phi) is 5.04. The van der Waals surface area contributed by atoms with E-state index in [1.54, 1.807) is 11.6 Å². The highest BCUT2D eigenvalue weighted by Crippen LogP contribution is 2.27. The maximum atomic E-state index is 12.2. The Morgan fingerprint density at radius 3 is 2.81 bits per heavy atom. The van der Waals surface area contributed by atoms with E-state index in [4.69, 9.17) is 0 Å². The summed E-state index contributed by atoms with van der Waals surface area (Å²) in [4.78, 5) is 13.9. The highest BCUT2D eigenvalue weighted by atomic mass is 79.9. The zero-order valence-corrected chi connectivity index (χ0v) is 13.7. The van der Waals surface area contributed by atoms with Crippen LogP contribution >= 0.6 is 27.3 Å². The molecular weight excluding hydrogens is 382 g/mol. The topological polar surface area (TPSA) is 102 Å². The molecule has 2 aromatic rings. The van der Waals surface area contributed by atoms with Crippen molar-refractivity contribution in [3.8, 4) is 0 Å². The van der Waals surface area contributed by atoms with E-state index in [2.05, 4.69) is 25.6 Å². The van der Waals surface area contributed by atoms with Crippen molar-refractivity contribution in [1.29, 1.82) is 0 Å². The van der Waals surface area contributed by atoms with Crippen LogP contribution in [-0.2, 0) is 16.4 Å². The SMILES string of the molecule is O=[N+]([O-])c1ccc(Br)cc1S(=O)(=O)NCCc1nccs1. The van der Waals surface area contributed by atoms with Crippen LogP contribution in [0.25, 0.3) is 0 Å². The number of nitro benzene ring substituents is 1. The molecule has 2 rings (SSSR count). The van der Waals surface area contributed by atoms with Crippen LogP contribution in [0.4, 0.5) is 5.69 Å². The standard InChI is InChI=1S/C11H10BrN3O4S2/c12-8-1-2-9(15(16)17)10(7-8)21(18,19)14-4-3-11-13-5-6-20-11/h1-2,5-7,14H,3-4H2. The number of nitro groups is 1. The molecule has 1 N–H and O–H groups in total. The highest BCUT2D eigenvalue weighted by Gasteiger charge is 2.25. The largest absolute Gasteiger partial charge is 0.289 e. The van der Waals surface area contributed by atoms with Crippen molar-refractivity contribution in [3.63, 3.8) is 0 Å². The molecule has 10 heteroatoms. The Morgan fingerprint density at radius 2 is 2.19 bits per heavy atom. The molecule has 0 atom stereocenters. The third-order valence-corrected chi connectivity index (χ3v) is 5.35. The van der Waals surface area contributed by atoms with Crippen molar-refractivity contribution in [2.75, 3.05) is 6.54 Å². The summed E-state index contributed by atoms with van der Waals surface area (Å²) in [6, 6.07) is 3.79. The van der Waals surface area contributed by atoms with Crippen LogP contribution in [0.2, 0.25) is 0 Å². The first-order valence-corrected chi connectivity index (χ1v) is 8.88. The third kappa shape index (κ3) is 4.06. The summed E-state index contributed by atoms with van der Waals surface area (Å²) in [6.45, 7) is 0.125. The van der Waals surface area contributed by atoms with Crippen molar-refractivity contribution in [2.24, 2.45) is 0 Å². The van der Waals surface area contributed by atoms with E-state index >= 15 is 0 Å². The van der Waals surface area contributed by atoms with Gasteiger partial charge in [-0.25, -0.2) is 18.1 Å². The summed E-state index contributed by atoms with van der Waals surface area (Å²) in [5.74, 6) is 0. The van der Waals surface area contributed by atoms with Gasteiger partial charge in [-0.05, 0) is 12.1 Å². The van der Waals surface area contributed by atoms with E-state index in [1.807, 2.05) is 0 Å². The third-order valence-electron chi connectivity index (χ3n) is 2.52. The lowest BCUT2D eigenvalue weighted by Crippen LogP contribution is -2.26. The molecule has 0 saturated carbocycles. The zero-order chi connectivity index (χ0) is 15.5. The molecule has 0 aliphatic rings. The predicted molar refractivity (Wildman–Crippen MR) is 81.8 cm³/mol. The molecule has 112 valence electrons. The minimum absolute atomic E-state index is 0.125. The van der Waals surface area contributed by atoms with Crippen molar-refractivity contribution in [2.45, 2.75) is 11.3 Å². The summed E-state index contributed by atoms with van der Waals surface area (Å²) in [5.41, 5.74) is -0.458. The Bertz CT molecular complexity index is 747. The lowest BCUT2D eigenvalue weighted by Gasteiger charge is -2.07. The average molecular weight is 392 g/mol. The minimum Gasteiger partial charge on any atom is -0.258 e. The van der Waals surface area contributed by atoms with E-state index in [9.17, 15) is 18.5 Å². The Balaban J connectivity index is 2.19. The lowest BCUT2D eigenvalue weighted by molar-refractivity contribution is -0.387. The molecular formula is C11H10BrN3O4S2.